The topological polar surface area (TPSA) is 26.8 Å². The van der Waals surface area contributed by atoms with Crippen LogP contribution in [0.25, 0.3) is 0 Å². The van der Waals surface area contributed by atoms with E-state index in [2.05, 4.69) is 288 Å². The van der Waals surface area contributed by atoms with Crippen molar-refractivity contribution in [3.8, 4) is 0 Å². The fraction of sp³-hybridized carbons (Fsp3) is 0.141. The van der Waals surface area contributed by atoms with Gasteiger partial charge < -0.3 is 0 Å². The summed E-state index contributed by atoms with van der Waals surface area (Å²) in [4.78, 5) is 16.9. The molecular weight excluding hydrogens is 930 g/mol. The summed E-state index contributed by atoms with van der Waals surface area (Å²) in [6, 6.07) is 96.2. The Morgan fingerprint density at radius 3 is 0.391 bits per heavy atom. The average molecular weight is 994 g/mol. The predicted octanol–water partition coefficient (Wildman–Crippen LogP) is 14.4. The molecule has 350 valence electrons. The van der Waals surface area contributed by atoms with Crippen LogP contribution in [0.15, 0.2) is 273 Å². The second-order valence-corrected chi connectivity index (χ2v) is 17.3. The van der Waals surface area contributed by atoms with Gasteiger partial charge >= 0.3 is 28.0 Å². The molecule has 0 amide bonds. The summed E-state index contributed by atoms with van der Waals surface area (Å²) >= 11 is 2.04. The number of rotatable bonds is 18. The van der Waals surface area contributed by atoms with Crippen molar-refractivity contribution in [3.05, 3.63) is 323 Å². The second-order valence-electron chi connectivity index (χ2n) is 16.9. The first kappa shape index (κ1) is 51.5. The Balaban J connectivity index is 0.000000165. The van der Waals surface area contributed by atoms with Gasteiger partial charge in [0.1, 0.15) is 0 Å². The molecule has 0 radical (unpaired) electrons. The first-order valence-electron chi connectivity index (χ1n) is 23.7. The van der Waals surface area contributed by atoms with Crippen LogP contribution in [-0.4, -0.2) is 19.6 Å². The van der Waals surface area contributed by atoms with Crippen molar-refractivity contribution in [2.45, 2.75) is 58.9 Å². The molecule has 0 atom stereocenters. The van der Waals surface area contributed by atoms with Gasteiger partial charge in [0.25, 0.3) is 0 Å². The Bertz CT molecular complexity index is 2050. The number of hydrogen-bond donors (Lipinski definition) is 0. The van der Waals surface area contributed by atoms with Crippen LogP contribution in [-0.2, 0) is 82.0 Å². The Kier molecular flexibility index (Phi) is 23.3. The van der Waals surface area contributed by atoms with Crippen molar-refractivity contribution in [1.82, 2.24) is 14.7 Å². The molecule has 0 fully saturated rings. The van der Waals surface area contributed by atoms with Crippen molar-refractivity contribution >= 4 is 4.88 Å². The van der Waals surface area contributed by atoms with Crippen LogP contribution >= 0.6 is 0 Å². The molecule has 5 heteroatoms. The van der Waals surface area contributed by atoms with Crippen molar-refractivity contribution < 1.29 is 23.1 Å². The van der Waals surface area contributed by atoms with Gasteiger partial charge in [0.15, 0.2) is 0 Å². The smallest absolute Gasteiger partial charge is 0.0240 e. The third-order valence-electron chi connectivity index (χ3n) is 11.2. The SMILES string of the molecule is O=[CH][Rh].c1ccc(CN(Cc2ccccc2)Cc2ccccc2)cc1.c1ccc(CN(Cc2ccccc2)Cc2ccccc2)cc1.c1ccc(CN(Cc2ccccc2)Cc2ccccc2)cc1. The van der Waals surface area contributed by atoms with E-state index in [-0.39, 0.29) is 0 Å². The Morgan fingerprint density at radius 2 is 0.304 bits per heavy atom. The molecule has 0 aliphatic heterocycles. The third-order valence-corrected chi connectivity index (χ3v) is 11.2. The van der Waals surface area contributed by atoms with Gasteiger partial charge in [-0.3, -0.25) is 14.7 Å². The fourth-order valence-electron chi connectivity index (χ4n) is 8.08. The summed E-state index contributed by atoms with van der Waals surface area (Å²) in [6.45, 7) is 8.67. The molecule has 0 aromatic heterocycles. The number of hydrogen-bond acceptors (Lipinski definition) is 4. The Morgan fingerprint density at radius 1 is 0.217 bits per heavy atom. The van der Waals surface area contributed by atoms with E-state index in [1.165, 1.54) is 50.1 Å². The number of carbonyl (C=O) groups is 1. The van der Waals surface area contributed by atoms with Crippen LogP contribution in [0.3, 0.4) is 0 Å². The minimum absolute atomic E-state index is 0.640. The van der Waals surface area contributed by atoms with E-state index in [1.54, 1.807) is 0 Å². The van der Waals surface area contributed by atoms with Crippen molar-refractivity contribution in [2.24, 2.45) is 0 Å². The molecule has 69 heavy (non-hydrogen) atoms. The summed E-state index contributed by atoms with van der Waals surface area (Å²) in [5.74, 6) is 0. The second kappa shape index (κ2) is 31.2. The molecule has 0 saturated heterocycles. The summed E-state index contributed by atoms with van der Waals surface area (Å²) < 4.78 is 0. The first-order valence-corrected chi connectivity index (χ1v) is 24.6. The maximum Gasteiger partial charge on any atom is 0.0240 e. The standard InChI is InChI=1S/3C21H21N.CHO.Rh/c3*1-4-10-19(11-5-1)16-22(17-20-12-6-2-7-13-20)18-21-14-8-3-9-15-21;1-2;/h3*1-15H,16-18H2;1H;. The molecular formula is C64H64N3ORh. The zero-order valence-electron chi connectivity index (χ0n) is 39.5. The van der Waals surface area contributed by atoms with Gasteiger partial charge in [-0.2, -0.15) is 0 Å². The van der Waals surface area contributed by atoms with Crippen LogP contribution in [0.5, 0.6) is 0 Å². The summed E-state index contributed by atoms with van der Waals surface area (Å²) in [5.41, 5.74) is 12.2. The quantitative estimate of drug-likeness (QED) is 0.0632. The minimum Gasteiger partial charge on any atom is -0.291 e. The molecule has 0 saturated carbocycles. The van der Waals surface area contributed by atoms with E-state index >= 15 is 0 Å². The van der Waals surface area contributed by atoms with Crippen LogP contribution in [0.1, 0.15) is 50.1 Å². The monoisotopic (exact) mass is 993 g/mol. The van der Waals surface area contributed by atoms with Crippen LogP contribution in [0.2, 0.25) is 0 Å². The van der Waals surface area contributed by atoms with E-state index < -0.39 is 0 Å². The largest absolute Gasteiger partial charge is 0.291 e. The third kappa shape index (κ3) is 20.9. The maximum absolute atomic E-state index is 8.76. The summed E-state index contributed by atoms with van der Waals surface area (Å²) in [5, 5.41) is 0. The maximum atomic E-state index is 8.76. The predicted molar refractivity (Wildman–Crippen MR) is 284 cm³/mol. The zero-order valence-corrected chi connectivity index (χ0v) is 41.1. The van der Waals surface area contributed by atoms with Gasteiger partial charge in [0.05, 0.1) is 0 Å². The van der Waals surface area contributed by atoms with Crippen molar-refractivity contribution in [1.29, 1.82) is 0 Å². The Hall–Kier alpha value is -6.85. The minimum atomic E-state index is 0.640. The molecule has 0 heterocycles. The van der Waals surface area contributed by atoms with E-state index in [1.807, 2.05) is 18.3 Å². The van der Waals surface area contributed by atoms with Gasteiger partial charge in [0, 0.05) is 58.9 Å². The number of benzene rings is 9. The van der Waals surface area contributed by atoms with Gasteiger partial charge in [-0.05, 0) is 50.1 Å². The van der Waals surface area contributed by atoms with Crippen molar-refractivity contribution in [3.63, 3.8) is 0 Å². The molecule has 0 unspecified atom stereocenters. The van der Waals surface area contributed by atoms with E-state index in [0.717, 1.165) is 58.9 Å². The first-order chi connectivity index (χ1) is 34.1. The van der Waals surface area contributed by atoms with Crippen LogP contribution in [0.4, 0.5) is 0 Å². The van der Waals surface area contributed by atoms with Gasteiger partial charge in [0.2, 0.25) is 0 Å². The van der Waals surface area contributed by atoms with E-state index in [9.17, 15) is 0 Å². The normalized spacial score (nSPS) is 10.5. The molecule has 0 aliphatic rings. The molecule has 4 nitrogen and oxygen atoms in total. The average Bonchev–Trinajstić information content (AvgIpc) is 3.40. The molecule has 0 spiro atoms. The fourth-order valence-corrected chi connectivity index (χ4v) is 8.08. The van der Waals surface area contributed by atoms with Crippen molar-refractivity contribution in [2.75, 3.05) is 0 Å². The Labute approximate surface area is 422 Å². The van der Waals surface area contributed by atoms with Gasteiger partial charge in [-0.1, -0.05) is 273 Å². The summed E-state index contributed by atoms with van der Waals surface area (Å²) in [7, 11) is 0. The van der Waals surface area contributed by atoms with Crippen LogP contribution in [0, 0.1) is 0 Å². The zero-order chi connectivity index (χ0) is 47.8. The van der Waals surface area contributed by atoms with Gasteiger partial charge in [-0.15, -0.1) is 0 Å². The number of carbonyl (C=O) groups excluding carboxylic acids is 1. The number of nitrogens with zero attached hydrogens (tertiary/aromatic N) is 3. The molecule has 9 aromatic carbocycles. The van der Waals surface area contributed by atoms with E-state index in [4.69, 9.17) is 4.79 Å². The molecule has 9 aromatic rings. The van der Waals surface area contributed by atoms with Gasteiger partial charge in [-0.25, -0.2) is 0 Å². The molecule has 0 aliphatic carbocycles. The molecule has 0 bridgehead atoms. The molecule has 9 rings (SSSR count). The molecule has 0 N–H and O–H groups in total. The van der Waals surface area contributed by atoms with E-state index in [0.29, 0.717) is 4.88 Å². The summed E-state index contributed by atoms with van der Waals surface area (Å²) in [6.07, 6.45) is 0. The van der Waals surface area contributed by atoms with Crippen LogP contribution < -0.4 is 0 Å².